The van der Waals surface area contributed by atoms with Crippen LogP contribution in [0.5, 0.6) is 23.0 Å². The van der Waals surface area contributed by atoms with Crippen molar-refractivity contribution in [3.63, 3.8) is 0 Å². The number of H-pyrrole nitrogens is 1. The number of nitrogens with zero attached hydrogens (tertiary/aromatic N) is 2. The van der Waals surface area contributed by atoms with Gasteiger partial charge in [0.2, 0.25) is 10.0 Å². The lowest BCUT2D eigenvalue weighted by molar-refractivity contribution is 0.171. The van der Waals surface area contributed by atoms with Gasteiger partial charge in [0.05, 0.1) is 24.6 Å². The Bertz CT molecular complexity index is 1600. The molecule has 4 aromatic rings. The van der Waals surface area contributed by atoms with Crippen molar-refractivity contribution in [2.75, 3.05) is 27.4 Å². The number of benzene rings is 2. The number of methoxy groups -OCH3 is 2. The van der Waals surface area contributed by atoms with Crippen LogP contribution in [0.25, 0.3) is 10.9 Å². The predicted octanol–water partition coefficient (Wildman–Crippen LogP) is 3.10. The number of sulfonamides is 1. The number of pyridine rings is 2. The molecule has 10 nitrogen and oxygen atoms in total. The quantitative estimate of drug-likeness (QED) is 0.374. The van der Waals surface area contributed by atoms with Crippen molar-refractivity contribution in [1.82, 2.24) is 14.3 Å². The van der Waals surface area contributed by atoms with Gasteiger partial charge in [-0.1, -0.05) is 6.07 Å². The maximum Gasteiger partial charge on any atom is 0.252 e. The molecule has 5 rings (SSSR count). The fourth-order valence-corrected chi connectivity index (χ4v) is 5.56. The van der Waals surface area contributed by atoms with Gasteiger partial charge in [0.15, 0.2) is 23.0 Å². The molecule has 0 saturated heterocycles. The number of ether oxygens (including phenoxy) is 4. The first kappa shape index (κ1) is 24.6. The van der Waals surface area contributed by atoms with E-state index in [0.29, 0.717) is 52.7 Å². The summed E-state index contributed by atoms with van der Waals surface area (Å²) < 4.78 is 50.8. The first-order valence-electron chi connectivity index (χ1n) is 11.5. The zero-order valence-electron chi connectivity index (χ0n) is 20.3. The summed E-state index contributed by atoms with van der Waals surface area (Å²) in [6, 6.07) is 13.1. The van der Waals surface area contributed by atoms with Crippen LogP contribution in [0.2, 0.25) is 0 Å². The van der Waals surface area contributed by atoms with Gasteiger partial charge in [-0.25, -0.2) is 8.42 Å². The van der Waals surface area contributed by atoms with Crippen molar-refractivity contribution in [2.24, 2.45) is 0 Å². The van der Waals surface area contributed by atoms with Crippen LogP contribution in [0.1, 0.15) is 11.1 Å². The molecule has 1 N–H and O–H groups in total. The topological polar surface area (TPSA) is 120 Å². The molecule has 1 aliphatic rings. The zero-order chi connectivity index (χ0) is 26.0. The van der Waals surface area contributed by atoms with Gasteiger partial charge in [0.25, 0.3) is 5.56 Å². The van der Waals surface area contributed by atoms with E-state index in [4.69, 9.17) is 18.9 Å². The largest absolute Gasteiger partial charge is 0.493 e. The van der Waals surface area contributed by atoms with Crippen molar-refractivity contribution >= 4 is 20.9 Å². The minimum absolute atomic E-state index is 0.00796. The molecule has 0 spiro atoms. The number of aromatic amines is 1. The molecule has 0 amide bonds. The molecule has 37 heavy (non-hydrogen) atoms. The lowest BCUT2D eigenvalue weighted by Gasteiger charge is -2.24. The van der Waals surface area contributed by atoms with E-state index in [9.17, 15) is 13.2 Å². The highest BCUT2D eigenvalue weighted by Crippen LogP contribution is 2.34. The third-order valence-electron chi connectivity index (χ3n) is 6.01. The molecular formula is C26H25N3O7S. The van der Waals surface area contributed by atoms with Gasteiger partial charge in [-0.2, -0.15) is 4.31 Å². The van der Waals surface area contributed by atoms with Crippen LogP contribution in [0.15, 0.2) is 70.6 Å². The third-order valence-corrected chi connectivity index (χ3v) is 7.79. The molecule has 2 aromatic carbocycles. The Kier molecular flexibility index (Phi) is 6.72. The number of hydrogen-bond donors (Lipinski definition) is 1. The molecule has 3 heterocycles. The molecule has 0 aliphatic carbocycles. The van der Waals surface area contributed by atoms with Gasteiger partial charge in [0, 0.05) is 48.6 Å². The van der Waals surface area contributed by atoms with Crippen LogP contribution < -0.4 is 24.5 Å². The number of rotatable bonds is 8. The number of hydrogen-bond acceptors (Lipinski definition) is 8. The molecule has 0 atom stereocenters. The fourth-order valence-electron chi connectivity index (χ4n) is 4.14. The second kappa shape index (κ2) is 10.1. The Hall–Kier alpha value is -4.09. The molecule has 0 bridgehead atoms. The van der Waals surface area contributed by atoms with E-state index in [-0.39, 0.29) is 23.5 Å². The van der Waals surface area contributed by atoms with E-state index in [1.165, 1.54) is 30.7 Å². The van der Waals surface area contributed by atoms with Gasteiger partial charge in [-0.15, -0.1) is 0 Å². The van der Waals surface area contributed by atoms with Crippen LogP contribution in [0, 0.1) is 0 Å². The highest BCUT2D eigenvalue weighted by Gasteiger charge is 2.28. The van der Waals surface area contributed by atoms with Gasteiger partial charge in [-0.05, 0) is 35.9 Å². The Balaban J connectivity index is 1.56. The van der Waals surface area contributed by atoms with Crippen molar-refractivity contribution in [1.29, 1.82) is 0 Å². The Morgan fingerprint density at radius 1 is 0.973 bits per heavy atom. The lowest BCUT2D eigenvalue weighted by Crippen LogP contribution is -2.32. The van der Waals surface area contributed by atoms with Gasteiger partial charge >= 0.3 is 0 Å². The highest BCUT2D eigenvalue weighted by molar-refractivity contribution is 7.89. The molecule has 0 radical (unpaired) electrons. The first-order valence-corrected chi connectivity index (χ1v) is 12.9. The van der Waals surface area contributed by atoms with Crippen LogP contribution in [0.3, 0.4) is 0 Å². The van der Waals surface area contributed by atoms with Gasteiger partial charge < -0.3 is 23.9 Å². The highest BCUT2D eigenvalue weighted by atomic mass is 32.2. The molecule has 0 unspecified atom stereocenters. The Morgan fingerprint density at radius 3 is 2.46 bits per heavy atom. The summed E-state index contributed by atoms with van der Waals surface area (Å²) in [6.45, 7) is 0.559. The SMILES string of the molecule is COc1cc2cc(CN(Cc3cccnc3)S(=O)(=O)c3ccc4c(c3)OCCO4)c(=O)[nH]c2cc1OC. The minimum Gasteiger partial charge on any atom is -0.493 e. The van der Waals surface area contributed by atoms with Crippen LogP contribution >= 0.6 is 0 Å². The molecule has 1 aliphatic heterocycles. The maximum absolute atomic E-state index is 13.8. The van der Waals surface area contributed by atoms with Gasteiger partial charge in [0.1, 0.15) is 13.2 Å². The fraction of sp³-hybridized carbons (Fsp3) is 0.231. The summed E-state index contributed by atoms with van der Waals surface area (Å²) in [5.41, 5.74) is 1.07. The molecule has 192 valence electrons. The summed E-state index contributed by atoms with van der Waals surface area (Å²) in [7, 11) is -1.02. The average molecular weight is 524 g/mol. The van der Waals surface area contributed by atoms with Crippen molar-refractivity contribution in [3.05, 3.63) is 82.4 Å². The van der Waals surface area contributed by atoms with Crippen molar-refractivity contribution < 1.29 is 27.4 Å². The zero-order valence-corrected chi connectivity index (χ0v) is 21.1. The minimum atomic E-state index is -4.05. The molecule has 0 fully saturated rings. The number of fused-ring (bicyclic) bond motifs is 2. The van der Waals surface area contributed by atoms with E-state index < -0.39 is 15.6 Å². The normalized spacial score (nSPS) is 13.1. The van der Waals surface area contributed by atoms with Crippen molar-refractivity contribution in [3.8, 4) is 23.0 Å². The molecule has 11 heteroatoms. The summed E-state index contributed by atoms with van der Waals surface area (Å²) in [4.78, 5) is 20.0. The average Bonchev–Trinajstić information content (AvgIpc) is 2.92. The summed E-state index contributed by atoms with van der Waals surface area (Å²) in [6.07, 6.45) is 3.20. The van der Waals surface area contributed by atoms with Crippen LogP contribution in [-0.2, 0) is 23.1 Å². The van der Waals surface area contributed by atoms with E-state index in [2.05, 4.69) is 9.97 Å². The lowest BCUT2D eigenvalue weighted by atomic mass is 10.1. The van der Waals surface area contributed by atoms with Crippen LogP contribution in [-0.4, -0.2) is 50.1 Å². The Labute approximate surface area is 213 Å². The van der Waals surface area contributed by atoms with E-state index in [1.807, 2.05) is 0 Å². The smallest absolute Gasteiger partial charge is 0.252 e. The molecular weight excluding hydrogens is 498 g/mol. The molecule has 0 saturated carbocycles. The summed E-state index contributed by atoms with van der Waals surface area (Å²) >= 11 is 0. The molecule has 2 aromatic heterocycles. The first-order chi connectivity index (χ1) is 17.9. The summed E-state index contributed by atoms with van der Waals surface area (Å²) in [5, 5.41) is 0.672. The maximum atomic E-state index is 13.8. The number of nitrogens with one attached hydrogen (secondary N) is 1. The van der Waals surface area contributed by atoms with Crippen molar-refractivity contribution in [2.45, 2.75) is 18.0 Å². The summed E-state index contributed by atoms with van der Waals surface area (Å²) in [5.74, 6) is 1.81. The van der Waals surface area contributed by atoms with E-state index >= 15 is 0 Å². The van der Waals surface area contributed by atoms with E-state index in [0.717, 1.165) is 0 Å². The second-order valence-electron chi connectivity index (χ2n) is 8.36. The Morgan fingerprint density at radius 2 is 1.73 bits per heavy atom. The predicted molar refractivity (Wildman–Crippen MR) is 136 cm³/mol. The van der Waals surface area contributed by atoms with Crippen LogP contribution in [0.4, 0.5) is 0 Å². The standard InChI is InChI=1S/C26H25N3O7S/c1-33-23-11-18-10-19(26(30)28-21(18)13-24(23)34-2)16-29(15-17-4-3-7-27-14-17)37(31,32)20-5-6-22-25(12-20)36-9-8-35-22/h3-7,10-14H,8-9,15-16H2,1-2H3,(H,28,30). The van der Waals surface area contributed by atoms with Gasteiger partial charge in [-0.3, -0.25) is 9.78 Å². The number of aromatic nitrogens is 2. The monoisotopic (exact) mass is 523 g/mol. The second-order valence-corrected chi connectivity index (χ2v) is 10.3. The third kappa shape index (κ3) is 4.95. The van der Waals surface area contributed by atoms with E-state index in [1.54, 1.807) is 48.8 Å².